The number of nitrogens with one attached hydrogen (secondary N) is 1. The van der Waals surface area contributed by atoms with E-state index < -0.39 is 10.0 Å². The molecule has 0 saturated heterocycles. The van der Waals surface area contributed by atoms with Crippen molar-refractivity contribution >= 4 is 33.2 Å². The number of benzene rings is 2. The first-order valence-corrected chi connectivity index (χ1v) is 11.2. The van der Waals surface area contributed by atoms with Crippen molar-refractivity contribution in [3.63, 3.8) is 0 Å². The predicted molar refractivity (Wildman–Crippen MR) is 118 cm³/mol. The summed E-state index contributed by atoms with van der Waals surface area (Å²) >= 11 is 6.09. The van der Waals surface area contributed by atoms with Crippen LogP contribution in [-0.4, -0.2) is 30.4 Å². The van der Waals surface area contributed by atoms with Gasteiger partial charge in [-0.2, -0.15) is 0 Å². The van der Waals surface area contributed by atoms with Gasteiger partial charge in [-0.25, -0.2) is 23.5 Å². The molecule has 0 unspecified atom stereocenters. The van der Waals surface area contributed by atoms with E-state index in [2.05, 4.69) is 15.3 Å². The molecule has 3 N–H and O–H groups in total. The van der Waals surface area contributed by atoms with Gasteiger partial charge in [0.15, 0.2) is 0 Å². The SMILES string of the molecule is CC(C)Oc1ncc(-c2ccc(NC(=O)Cc3ccccc3Cl)cc2S(N)(=O)=O)cn1. The third-order valence-corrected chi connectivity index (χ3v) is 5.48. The summed E-state index contributed by atoms with van der Waals surface area (Å²) in [4.78, 5) is 20.4. The Hall–Kier alpha value is -3.01. The Morgan fingerprint density at radius 1 is 1.16 bits per heavy atom. The summed E-state index contributed by atoms with van der Waals surface area (Å²) in [6, 6.07) is 11.6. The zero-order valence-electron chi connectivity index (χ0n) is 16.9. The maximum Gasteiger partial charge on any atom is 0.316 e. The van der Waals surface area contributed by atoms with Gasteiger partial charge >= 0.3 is 6.01 Å². The fourth-order valence-corrected chi connectivity index (χ4v) is 3.81. The Morgan fingerprint density at radius 2 is 1.84 bits per heavy atom. The van der Waals surface area contributed by atoms with Crippen molar-refractivity contribution in [1.29, 1.82) is 0 Å². The molecule has 0 aliphatic carbocycles. The number of carbonyl (C=O) groups is 1. The molecule has 0 saturated carbocycles. The summed E-state index contributed by atoms with van der Waals surface area (Å²) in [6.45, 7) is 3.68. The maximum atomic E-state index is 12.4. The van der Waals surface area contributed by atoms with Gasteiger partial charge in [0.2, 0.25) is 15.9 Å². The summed E-state index contributed by atoms with van der Waals surface area (Å²) in [5.74, 6) is -0.347. The normalized spacial score (nSPS) is 11.4. The summed E-state index contributed by atoms with van der Waals surface area (Å²) in [5, 5.41) is 8.56. The second-order valence-corrected chi connectivity index (χ2v) is 8.93. The third kappa shape index (κ3) is 6.00. The van der Waals surface area contributed by atoms with Gasteiger partial charge in [-0.1, -0.05) is 35.9 Å². The number of sulfonamides is 1. The van der Waals surface area contributed by atoms with Gasteiger partial charge in [0.1, 0.15) is 0 Å². The second kappa shape index (κ2) is 9.42. The Morgan fingerprint density at radius 3 is 2.45 bits per heavy atom. The van der Waals surface area contributed by atoms with E-state index in [9.17, 15) is 13.2 Å². The number of hydrogen-bond acceptors (Lipinski definition) is 6. The quantitative estimate of drug-likeness (QED) is 0.556. The van der Waals surface area contributed by atoms with E-state index in [1.165, 1.54) is 24.5 Å². The Balaban J connectivity index is 1.87. The van der Waals surface area contributed by atoms with Crippen LogP contribution in [0.4, 0.5) is 5.69 Å². The number of carbonyl (C=O) groups excluding carboxylic acids is 1. The number of rotatable bonds is 7. The minimum Gasteiger partial charge on any atom is -0.461 e. The molecule has 10 heteroatoms. The highest BCUT2D eigenvalue weighted by molar-refractivity contribution is 7.89. The average molecular weight is 461 g/mol. The lowest BCUT2D eigenvalue weighted by atomic mass is 10.1. The van der Waals surface area contributed by atoms with E-state index in [0.29, 0.717) is 21.7 Å². The zero-order chi connectivity index (χ0) is 22.6. The minimum atomic E-state index is -4.09. The molecule has 0 fully saturated rings. The van der Waals surface area contributed by atoms with Crippen molar-refractivity contribution in [3.05, 3.63) is 65.4 Å². The number of hydrogen-bond donors (Lipinski definition) is 2. The molecule has 3 rings (SSSR count). The number of nitrogens with two attached hydrogens (primary N) is 1. The van der Waals surface area contributed by atoms with Crippen LogP contribution < -0.4 is 15.2 Å². The van der Waals surface area contributed by atoms with Gasteiger partial charge in [0.25, 0.3) is 0 Å². The summed E-state index contributed by atoms with van der Waals surface area (Å²) < 4.78 is 29.8. The van der Waals surface area contributed by atoms with Crippen molar-refractivity contribution in [2.45, 2.75) is 31.3 Å². The summed E-state index contributed by atoms with van der Waals surface area (Å²) in [5.41, 5.74) is 1.69. The molecule has 1 aromatic heterocycles. The van der Waals surface area contributed by atoms with E-state index in [4.69, 9.17) is 21.5 Å². The van der Waals surface area contributed by atoms with Gasteiger partial charge in [0, 0.05) is 34.2 Å². The third-order valence-electron chi connectivity index (χ3n) is 4.16. The molecule has 162 valence electrons. The molecule has 1 amide bonds. The topological polar surface area (TPSA) is 124 Å². The number of anilines is 1. The average Bonchev–Trinajstić information content (AvgIpc) is 2.69. The van der Waals surface area contributed by atoms with Gasteiger partial charge < -0.3 is 10.1 Å². The zero-order valence-corrected chi connectivity index (χ0v) is 18.4. The van der Waals surface area contributed by atoms with Crippen LogP contribution in [0.1, 0.15) is 19.4 Å². The molecular weight excluding hydrogens is 440 g/mol. The fourth-order valence-electron chi connectivity index (χ4n) is 2.82. The standard InChI is InChI=1S/C21H21ClN4O4S/c1-13(2)30-21-24-11-15(12-25-21)17-8-7-16(10-19(17)31(23,28)29)26-20(27)9-14-5-3-4-6-18(14)22/h3-8,10-13H,9H2,1-2H3,(H,26,27)(H2,23,28,29). The smallest absolute Gasteiger partial charge is 0.316 e. The van der Waals surface area contributed by atoms with E-state index in [-0.39, 0.29) is 35.0 Å². The highest BCUT2D eigenvalue weighted by atomic mass is 35.5. The Bertz CT molecular complexity index is 1200. The van der Waals surface area contributed by atoms with Crippen LogP contribution in [0.5, 0.6) is 6.01 Å². The second-order valence-electron chi connectivity index (χ2n) is 6.99. The van der Waals surface area contributed by atoms with Crippen LogP contribution in [0.3, 0.4) is 0 Å². The number of aromatic nitrogens is 2. The lowest BCUT2D eigenvalue weighted by Gasteiger charge is -2.12. The fraction of sp³-hybridized carbons (Fsp3) is 0.190. The molecule has 0 bridgehead atoms. The number of halogens is 1. The molecule has 31 heavy (non-hydrogen) atoms. The first-order chi connectivity index (χ1) is 14.6. The monoisotopic (exact) mass is 460 g/mol. The highest BCUT2D eigenvalue weighted by Gasteiger charge is 2.18. The van der Waals surface area contributed by atoms with Crippen LogP contribution in [-0.2, 0) is 21.2 Å². The van der Waals surface area contributed by atoms with Gasteiger partial charge in [0.05, 0.1) is 17.4 Å². The Kier molecular flexibility index (Phi) is 6.89. The number of ether oxygens (including phenoxy) is 1. The maximum absolute atomic E-state index is 12.4. The number of amides is 1. The lowest BCUT2D eigenvalue weighted by Crippen LogP contribution is -2.17. The highest BCUT2D eigenvalue weighted by Crippen LogP contribution is 2.29. The minimum absolute atomic E-state index is 0.0390. The largest absolute Gasteiger partial charge is 0.461 e. The Labute approximate surface area is 185 Å². The molecule has 0 spiro atoms. The molecule has 0 aliphatic heterocycles. The predicted octanol–water partition coefficient (Wildman–Crippen LogP) is 3.41. The molecule has 0 atom stereocenters. The first-order valence-electron chi connectivity index (χ1n) is 9.32. The first kappa shape index (κ1) is 22.7. The van der Waals surface area contributed by atoms with E-state index in [0.717, 1.165) is 0 Å². The van der Waals surface area contributed by atoms with Crippen molar-refractivity contribution in [3.8, 4) is 17.1 Å². The summed E-state index contributed by atoms with van der Waals surface area (Å²) in [6.07, 6.45) is 2.84. The number of nitrogens with zero attached hydrogens (tertiary/aromatic N) is 2. The molecule has 8 nitrogen and oxygen atoms in total. The molecule has 1 heterocycles. The van der Waals surface area contributed by atoms with Crippen LogP contribution >= 0.6 is 11.6 Å². The molecule has 0 radical (unpaired) electrons. The van der Waals surface area contributed by atoms with E-state index >= 15 is 0 Å². The lowest BCUT2D eigenvalue weighted by molar-refractivity contribution is -0.115. The van der Waals surface area contributed by atoms with Crippen LogP contribution in [0.2, 0.25) is 5.02 Å². The van der Waals surface area contributed by atoms with E-state index in [1.54, 1.807) is 30.3 Å². The van der Waals surface area contributed by atoms with Gasteiger partial charge in [-0.15, -0.1) is 0 Å². The van der Waals surface area contributed by atoms with Crippen LogP contribution in [0.15, 0.2) is 59.8 Å². The van der Waals surface area contributed by atoms with Crippen LogP contribution in [0.25, 0.3) is 11.1 Å². The van der Waals surface area contributed by atoms with Gasteiger partial charge in [-0.05, 0) is 37.6 Å². The molecular formula is C21H21ClN4O4S. The summed E-state index contributed by atoms with van der Waals surface area (Å²) in [7, 11) is -4.09. The van der Waals surface area contributed by atoms with Crippen molar-refractivity contribution in [1.82, 2.24) is 9.97 Å². The van der Waals surface area contributed by atoms with Crippen molar-refractivity contribution < 1.29 is 17.9 Å². The van der Waals surface area contributed by atoms with Gasteiger partial charge in [-0.3, -0.25) is 4.79 Å². The van der Waals surface area contributed by atoms with Crippen molar-refractivity contribution in [2.75, 3.05) is 5.32 Å². The van der Waals surface area contributed by atoms with Crippen LogP contribution in [0, 0.1) is 0 Å². The van der Waals surface area contributed by atoms with E-state index in [1.807, 2.05) is 13.8 Å². The molecule has 3 aromatic rings. The number of primary sulfonamides is 1. The van der Waals surface area contributed by atoms with Crippen molar-refractivity contribution in [2.24, 2.45) is 5.14 Å². The molecule has 2 aromatic carbocycles. The molecule has 0 aliphatic rings.